The number of benzene rings is 1. The molecule has 0 saturated carbocycles. The molecule has 1 N–H and O–H groups in total. The number of nitrogens with one attached hydrogen (secondary N) is 1. The first kappa shape index (κ1) is 14.1. The van der Waals surface area contributed by atoms with Gasteiger partial charge in [0.25, 0.3) is 0 Å². The second kappa shape index (κ2) is 5.96. The number of likely N-dealkylation sites (N-methyl/N-ethyl adjacent to an activating group) is 1. The summed E-state index contributed by atoms with van der Waals surface area (Å²) in [7, 11) is 2.17. The lowest BCUT2D eigenvalue weighted by Crippen LogP contribution is -2.29. The maximum atomic E-state index is 4.84. The van der Waals surface area contributed by atoms with Gasteiger partial charge in [0.15, 0.2) is 0 Å². The molecular formula is C17H20N6. The summed E-state index contributed by atoms with van der Waals surface area (Å²) in [6.45, 7) is 4.22. The number of nitrogens with zero attached hydrogens (tertiary/aromatic N) is 5. The van der Waals surface area contributed by atoms with Crippen molar-refractivity contribution < 1.29 is 0 Å². The first-order valence-electron chi connectivity index (χ1n) is 7.99. The minimum Gasteiger partial charge on any atom is -0.354 e. The summed E-state index contributed by atoms with van der Waals surface area (Å²) >= 11 is 0. The molecular weight excluding hydrogens is 288 g/mol. The molecule has 1 saturated heterocycles. The van der Waals surface area contributed by atoms with Gasteiger partial charge in [0.05, 0.1) is 29.8 Å². The lowest BCUT2D eigenvalue weighted by Gasteiger charge is -2.21. The second-order valence-electron chi connectivity index (χ2n) is 6.08. The van der Waals surface area contributed by atoms with Gasteiger partial charge in [-0.25, -0.2) is 4.98 Å². The van der Waals surface area contributed by atoms with E-state index in [2.05, 4.69) is 50.2 Å². The highest BCUT2D eigenvalue weighted by molar-refractivity contribution is 5.83. The van der Waals surface area contributed by atoms with Crippen LogP contribution in [-0.4, -0.2) is 58.3 Å². The lowest BCUT2D eigenvalue weighted by atomic mass is 10.1. The van der Waals surface area contributed by atoms with Crippen molar-refractivity contribution in [2.45, 2.75) is 6.42 Å². The van der Waals surface area contributed by atoms with Gasteiger partial charge in [-0.15, -0.1) is 0 Å². The molecule has 0 aliphatic carbocycles. The number of hydrogen-bond acceptors (Lipinski definition) is 5. The van der Waals surface area contributed by atoms with Crippen LogP contribution in [0, 0.1) is 0 Å². The van der Waals surface area contributed by atoms with Crippen molar-refractivity contribution in [3.05, 3.63) is 36.8 Å². The van der Waals surface area contributed by atoms with E-state index in [0.717, 1.165) is 60.6 Å². The van der Waals surface area contributed by atoms with Crippen LogP contribution in [0.15, 0.2) is 36.8 Å². The standard InChI is InChI=1S/C17H20N6/c1-22-5-2-6-23(8-7-22)17-12-18-11-16(20-17)13-3-4-14-10-19-21-15(14)9-13/h3-4,9-12H,2,5-8H2,1H3,(H,19,21). The Kier molecular flexibility index (Phi) is 3.67. The van der Waals surface area contributed by atoms with Gasteiger partial charge in [-0.05, 0) is 26.1 Å². The SMILES string of the molecule is CN1CCCN(c2cncc(-c3ccc4cn[nH]c4c3)n2)CC1. The van der Waals surface area contributed by atoms with Gasteiger partial charge < -0.3 is 9.80 Å². The minimum absolute atomic E-state index is 0.900. The third kappa shape index (κ3) is 2.90. The minimum atomic E-state index is 0.900. The zero-order chi connectivity index (χ0) is 15.6. The van der Waals surface area contributed by atoms with Gasteiger partial charge >= 0.3 is 0 Å². The van der Waals surface area contributed by atoms with E-state index >= 15 is 0 Å². The molecule has 23 heavy (non-hydrogen) atoms. The number of hydrogen-bond donors (Lipinski definition) is 1. The number of aromatic amines is 1. The van der Waals surface area contributed by atoms with Crippen LogP contribution < -0.4 is 4.90 Å². The highest BCUT2D eigenvalue weighted by atomic mass is 15.2. The first-order chi connectivity index (χ1) is 11.3. The van der Waals surface area contributed by atoms with Crippen LogP contribution in [-0.2, 0) is 0 Å². The molecule has 1 aliphatic heterocycles. The van der Waals surface area contributed by atoms with Crippen LogP contribution in [0.25, 0.3) is 22.2 Å². The predicted octanol–water partition coefficient (Wildman–Crippen LogP) is 2.16. The summed E-state index contributed by atoms with van der Waals surface area (Å²) in [5, 5.41) is 8.18. The summed E-state index contributed by atoms with van der Waals surface area (Å²) in [6.07, 6.45) is 6.67. The fourth-order valence-corrected chi connectivity index (χ4v) is 3.02. The van der Waals surface area contributed by atoms with Crippen LogP contribution in [0.1, 0.15) is 6.42 Å². The van der Waals surface area contributed by atoms with Gasteiger partial charge in [-0.1, -0.05) is 12.1 Å². The number of H-pyrrole nitrogens is 1. The third-order valence-electron chi connectivity index (χ3n) is 4.40. The zero-order valence-electron chi connectivity index (χ0n) is 13.2. The summed E-state index contributed by atoms with van der Waals surface area (Å²) in [5.41, 5.74) is 2.98. The molecule has 0 radical (unpaired) electrons. The largest absolute Gasteiger partial charge is 0.354 e. The molecule has 1 fully saturated rings. The van der Waals surface area contributed by atoms with E-state index in [4.69, 9.17) is 4.98 Å². The summed E-state index contributed by atoms with van der Waals surface area (Å²) < 4.78 is 0. The van der Waals surface area contributed by atoms with E-state index in [-0.39, 0.29) is 0 Å². The average molecular weight is 308 g/mol. The maximum Gasteiger partial charge on any atom is 0.147 e. The van der Waals surface area contributed by atoms with E-state index in [9.17, 15) is 0 Å². The Morgan fingerprint density at radius 2 is 2.00 bits per heavy atom. The number of rotatable bonds is 2. The normalized spacial score (nSPS) is 16.7. The molecule has 6 nitrogen and oxygen atoms in total. The fourth-order valence-electron chi connectivity index (χ4n) is 3.02. The molecule has 118 valence electrons. The molecule has 3 heterocycles. The molecule has 0 spiro atoms. The van der Waals surface area contributed by atoms with Crippen LogP contribution in [0.4, 0.5) is 5.82 Å². The van der Waals surface area contributed by atoms with Crippen molar-refractivity contribution >= 4 is 16.7 Å². The van der Waals surface area contributed by atoms with Crippen molar-refractivity contribution in [1.82, 2.24) is 25.1 Å². The Hall–Kier alpha value is -2.47. The number of anilines is 1. The number of aromatic nitrogens is 4. The van der Waals surface area contributed by atoms with E-state index < -0.39 is 0 Å². The van der Waals surface area contributed by atoms with Crippen LogP contribution in [0.2, 0.25) is 0 Å². The van der Waals surface area contributed by atoms with Crippen LogP contribution in [0.5, 0.6) is 0 Å². The average Bonchev–Trinajstić information content (AvgIpc) is 2.95. The molecule has 0 amide bonds. The molecule has 0 unspecified atom stereocenters. The third-order valence-corrected chi connectivity index (χ3v) is 4.40. The van der Waals surface area contributed by atoms with Gasteiger partial charge in [0.2, 0.25) is 0 Å². The molecule has 0 atom stereocenters. The highest BCUT2D eigenvalue weighted by Crippen LogP contribution is 2.23. The number of fused-ring (bicyclic) bond motifs is 1. The Morgan fingerprint density at radius 1 is 1.04 bits per heavy atom. The van der Waals surface area contributed by atoms with E-state index in [1.165, 1.54) is 0 Å². The lowest BCUT2D eigenvalue weighted by molar-refractivity contribution is 0.360. The van der Waals surface area contributed by atoms with Gasteiger partial charge in [0.1, 0.15) is 5.82 Å². The van der Waals surface area contributed by atoms with Gasteiger partial charge in [0, 0.05) is 30.6 Å². The van der Waals surface area contributed by atoms with Crippen molar-refractivity contribution in [2.24, 2.45) is 0 Å². The highest BCUT2D eigenvalue weighted by Gasteiger charge is 2.14. The fraction of sp³-hybridized carbons (Fsp3) is 0.353. The van der Waals surface area contributed by atoms with E-state index in [1.54, 1.807) is 0 Å². The van der Waals surface area contributed by atoms with Crippen LogP contribution >= 0.6 is 0 Å². The summed E-state index contributed by atoms with van der Waals surface area (Å²) in [6, 6.07) is 6.21. The monoisotopic (exact) mass is 308 g/mol. The van der Waals surface area contributed by atoms with Crippen molar-refractivity contribution in [3.63, 3.8) is 0 Å². The first-order valence-corrected chi connectivity index (χ1v) is 7.99. The van der Waals surface area contributed by atoms with Gasteiger partial charge in [-0.3, -0.25) is 10.1 Å². The molecule has 4 rings (SSSR count). The Balaban J connectivity index is 1.65. The molecule has 2 aromatic heterocycles. The topological polar surface area (TPSA) is 60.9 Å². The van der Waals surface area contributed by atoms with Crippen molar-refractivity contribution in [3.8, 4) is 11.3 Å². The zero-order valence-corrected chi connectivity index (χ0v) is 13.2. The Morgan fingerprint density at radius 3 is 2.96 bits per heavy atom. The van der Waals surface area contributed by atoms with Crippen LogP contribution in [0.3, 0.4) is 0 Å². The summed E-state index contributed by atoms with van der Waals surface area (Å²) in [4.78, 5) is 13.9. The van der Waals surface area contributed by atoms with Crippen molar-refractivity contribution in [2.75, 3.05) is 38.1 Å². The molecule has 1 aromatic carbocycles. The maximum absolute atomic E-state index is 4.84. The Labute approximate surface area is 135 Å². The second-order valence-corrected chi connectivity index (χ2v) is 6.08. The van der Waals surface area contributed by atoms with Gasteiger partial charge in [-0.2, -0.15) is 5.10 Å². The molecule has 0 bridgehead atoms. The quantitative estimate of drug-likeness (QED) is 0.786. The summed E-state index contributed by atoms with van der Waals surface area (Å²) in [5.74, 6) is 0.961. The van der Waals surface area contributed by atoms with Crippen molar-refractivity contribution in [1.29, 1.82) is 0 Å². The molecule has 1 aliphatic rings. The van der Waals surface area contributed by atoms with E-state index in [1.807, 2.05) is 18.6 Å². The van der Waals surface area contributed by atoms with E-state index in [0.29, 0.717) is 0 Å². The smallest absolute Gasteiger partial charge is 0.147 e. The Bertz CT molecular complexity index is 811. The molecule has 6 heteroatoms. The molecule has 3 aromatic rings. The predicted molar refractivity (Wildman–Crippen MR) is 91.4 cm³/mol.